The van der Waals surface area contributed by atoms with Gasteiger partial charge in [-0.25, -0.2) is 0 Å². The van der Waals surface area contributed by atoms with Crippen molar-refractivity contribution in [2.24, 2.45) is 5.73 Å². The molecule has 0 heterocycles. The van der Waals surface area contributed by atoms with E-state index in [4.69, 9.17) is 10.8 Å². The summed E-state index contributed by atoms with van der Waals surface area (Å²) in [7, 11) is 0. The summed E-state index contributed by atoms with van der Waals surface area (Å²) < 4.78 is 0. The van der Waals surface area contributed by atoms with E-state index < -0.39 is 5.54 Å². The van der Waals surface area contributed by atoms with Crippen molar-refractivity contribution in [2.45, 2.75) is 18.9 Å². The van der Waals surface area contributed by atoms with Crippen molar-refractivity contribution < 1.29 is 9.90 Å². The number of nitrogens with one attached hydrogen (secondary N) is 1. The summed E-state index contributed by atoms with van der Waals surface area (Å²) >= 11 is 1.52. The van der Waals surface area contributed by atoms with Gasteiger partial charge in [0.05, 0.1) is 6.61 Å². The molecule has 0 radical (unpaired) electrons. The van der Waals surface area contributed by atoms with Crippen LogP contribution in [0.4, 0.5) is 0 Å². The third-order valence-electron chi connectivity index (χ3n) is 2.92. The van der Waals surface area contributed by atoms with Crippen LogP contribution in [0.5, 0.6) is 0 Å². The number of aliphatic hydroxyl groups is 1. The average Bonchev–Trinajstić information content (AvgIpc) is 2.43. The van der Waals surface area contributed by atoms with Crippen LogP contribution >= 0.6 is 11.8 Å². The quantitative estimate of drug-likeness (QED) is 0.593. The van der Waals surface area contributed by atoms with Gasteiger partial charge < -0.3 is 10.8 Å². The number of thioether (sulfide) groups is 1. The Hall–Kier alpha value is -1.04. The molecule has 0 aliphatic heterocycles. The summed E-state index contributed by atoms with van der Waals surface area (Å²) in [5.74, 6) is 0.736. The van der Waals surface area contributed by atoms with Gasteiger partial charge in [0, 0.05) is 11.5 Å². The highest BCUT2D eigenvalue weighted by molar-refractivity contribution is 7.99. The van der Waals surface area contributed by atoms with Gasteiger partial charge in [-0.3, -0.25) is 10.1 Å². The van der Waals surface area contributed by atoms with Crippen LogP contribution in [0.2, 0.25) is 0 Å². The minimum Gasteiger partial charge on any atom is -0.396 e. The first kappa shape index (κ1) is 16.0. The molecule has 0 aliphatic carbocycles. The Morgan fingerprint density at radius 2 is 2.11 bits per heavy atom. The van der Waals surface area contributed by atoms with Crippen molar-refractivity contribution in [3.8, 4) is 0 Å². The summed E-state index contributed by atoms with van der Waals surface area (Å²) in [6.07, 6.45) is 0.923. The molecule has 1 aromatic rings. The first-order valence-electron chi connectivity index (χ1n) is 6.46. The Bertz CT molecular complexity index is 386. The minimum absolute atomic E-state index is 0.0993. The highest BCUT2D eigenvalue weighted by Crippen LogP contribution is 2.25. The number of hydrogen-bond acceptors (Lipinski definition) is 4. The maximum atomic E-state index is 12.0. The van der Waals surface area contributed by atoms with Crippen LogP contribution < -0.4 is 11.1 Å². The first-order chi connectivity index (χ1) is 9.17. The van der Waals surface area contributed by atoms with Gasteiger partial charge in [-0.2, -0.15) is 11.8 Å². The van der Waals surface area contributed by atoms with Gasteiger partial charge in [0.2, 0.25) is 5.91 Å². The molecule has 1 atom stereocenters. The number of hydrogen-bond donors (Lipinski definition) is 3. The molecule has 0 bridgehead atoms. The van der Waals surface area contributed by atoms with E-state index in [9.17, 15) is 4.79 Å². The zero-order valence-electron chi connectivity index (χ0n) is 11.3. The van der Waals surface area contributed by atoms with Crippen molar-refractivity contribution in [3.05, 3.63) is 35.9 Å². The fourth-order valence-electron chi connectivity index (χ4n) is 1.89. The number of carbonyl (C=O) groups excluding carboxylic acids is 1. The monoisotopic (exact) mass is 282 g/mol. The van der Waals surface area contributed by atoms with Gasteiger partial charge >= 0.3 is 0 Å². The first-order valence-corrected chi connectivity index (χ1v) is 7.62. The van der Waals surface area contributed by atoms with Gasteiger partial charge in [0.1, 0.15) is 5.54 Å². The molecular formula is C14H22N2O2S. The molecule has 1 aromatic carbocycles. The largest absolute Gasteiger partial charge is 0.396 e. The number of nitrogens with two attached hydrogens (primary N) is 1. The Kier molecular flexibility index (Phi) is 6.91. The molecule has 0 fully saturated rings. The third kappa shape index (κ3) is 4.23. The second-order valence-corrected chi connectivity index (χ2v) is 5.44. The molecule has 106 valence electrons. The number of amides is 1. The number of carbonyl (C=O) groups is 1. The molecule has 19 heavy (non-hydrogen) atoms. The minimum atomic E-state index is -0.864. The molecular weight excluding hydrogens is 260 g/mol. The van der Waals surface area contributed by atoms with E-state index >= 15 is 0 Å². The van der Waals surface area contributed by atoms with E-state index in [1.54, 1.807) is 0 Å². The predicted molar refractivity (Wildman–Crippen MR) is 80.0 cm³/mol. The Morgan fingerprint density at radius 3 is 2.63 bits per heavy atom. The molecule has 0 saturated heterocycles. The SMILES string of the molecule is CCCNC(CSCCO)(C(N)=O)c1ccccc1. The molecule has 4 N–H and O–H groups in total. The van der Waals surface area contributed by atoms with Crippen molar-refractivity contribution in [1.82, 2.24) is 5.32 Å². The van der Waals surface area contributed by atoms with Crippen molar-refractivity contribution in [1.29, 1.82) is 0 Å². The zero-order chi connectivity index (χ0) is 14.1. The van der Waals surface area contributed by atoms with Crippen LogP contribution in [0, 0.1) is 0 Å². The average molecular weight is 282 g/mol. The standard InChI is InChI=1S/C14H22N2O2S/c1-2-8-16-14(13(15)18,11-19-10-9-17)12-6-4-3-5-7-12/h3-7,16-17H,2,8-11H2,1H3,(H2,15,18). The summed E-state index contributed by atoms with van der Waals surface area (Å²) in [5.41, 5.74) is 5.66. The summed E-state index contributed by atoms with van der Waals surface area (Å²) in [5, 5.41) is 12.2. The molecule has 1 unspecified atom stereocenters. The van der Waals surface area contributed by atoms with Crippen LogP contribution in [-0.4, -0.2) is 35.7 Å². The summed E-state index contributed by atoms with van der Waals surface area (Å²) in [4.78, 5) is 12.0. The highest BCUT2D eigenvalue weighted by atomic mass is 32.2. The highest BCUT2D eigenvalue weighted by Gasteiger charge is 2.37. The normalized spacial score (nSPS) is 14.0. The van der Waals surface area contributed by atoms with Crippen LogP contribution in [0.1, 0.15) is 18.9 Å². The van der Waals surface area contributed by atoms with E-state index in [0.29, 0.717) is 11.5 Å². The number of aliphatic hydroxyl groups excluding tert-OH is 1. The van der Waals surface area contributed by atoms with Crippen molar-refractivity contribution >= 4 is 17.7 Å². The second kappa shape index (κ2) is 8.19. The molecule has 0 aromatic heterocycles. The van der Waals surface area contributed by atoms with Crippen LogP contribution in [0.3, 0.4) is 0 Å². The molecule has 1 rings (SSSR count). The van der Waals surface area contributed by atoms with Crippen molar-refractivity contribution in [2.75, 3.05) is 24.7 Å². The topological polar surface area (TPSA) is 75.3 Å². The number of primary amides is 1. The Labute approximate surface area is 118 Å². The lowest BCUT2D eigenvalue weighted by Crippen LogP contribution is -2.55. The van der Waals surface area contributed by atoms with E-state index in [0.717, 1.165) is 18.5 Å². The summed E-state index contributed by atoms with van der Waals surface area (Å²) in [6, 6.07) is 9.53. The van der Waals surface area contributed by atoms with Crippen LogP contribution in [-0.2, 0) is 10.3 Å². The fourth-order valence-corrected chi connectivity index (χ4v) is 2.88. The van der Waals surface area contributed by atoms with Crippen molar-refractivity contribution in [3.63, 3.8) is 0 Å². The second-order valence-electron chi connectivity index (χ2n) is 4.34. The molecule has 4 nitrogen and oxygen atoms in total. The zero-order valence-corrected chi connectivity index (χ0v) is 12.1. The smallest absolute Gasteiger partial charge is 0.243 e. The molecule has 1 amide bonds. The molecule has 0 spiro atoms. The number of rotatable bonds is 9. The Balaban J connectivity index is 3.00. The lowest BCUT2D eigenvalue weighted by atomic mass is 9.91. The number of benzene rings is 1. The van der Waals surface area contributed by atoms with E-state index in [2.05, 4.69) is 5.32 Å². The van der Waals surface area contributed by atoms with E-state index in [-0.39, 0.29) is 12.5 Å². The summed E-state index contributed by atoms with van der Waals surface area (Å²) in [6.45, 7) is 2.87. The Morgan fingerprint density at radius 1 is 1.42 bits per heavy atom. The predicted octanol–water partition coefficient (Wildman–Crippen LogP) is 1.09. The molecule has 0 saturated carbocycles. The van der Waals surface area contributed by atoms with Crippen LogP contribution in [0.15, 0.2) is 30.3 Å². The van der Waals surface area contributed by atoms with Gasteiger partial charge in [-0.15, -0.1) is 0 Å². The maximum Gasteiger partial charge on any atom is 0.243 e. The van der Waals surface area contributed by atoms with E-state index in [1.807, 2.05) is 37.3 Å². The van der Waals surface area contributed by atoms with Gasteiger partial charge in [0.15, 0.2) is 0 Å². The van der Waals surface area contributed by atoms with Gasteiger partial charge in [-0.05, 0) is 18.5 Å². The fraction of sp³-hybridized carbons (Fsp3) is 0.500. The third-order valence-corrected chi connectivity index (χ3v) is 4.03. The lowest BCUT2D eigenvalue weighted by molar-refractivity contribution is -0.123. The molecule has 0 aliphatic rings. The van der Waals surface area contributed by atoms with Gasteiger partial charge in [-0.1, -0.05) is 37.3 Å². The maximum absolute atomic E-state index is 12.0. The lowest BCUT2D eigenvalue weighted by Gasteiger charge is -2.32. The van der Waals surface area contributed by atoms with Gasteiger partial charge in [0.25, 0.3) is 0 Å². The van der Waals surface area contributed by atoms with Crippen LogP contribution in [0.25, 0.3) is 0 Å². The van der Waals surface area contributed by atoms with E-state index in [1.165, 1.54) is 11.8 Å². The molecule has 5 heteroatoms.